The Morgan fingerprint density at radius 2 is 0.476 bits per heavy atom. The van der Waals surface area contributed by atoms with Gasteiger partial charge in [0.15, 0.2) is 0 Å². The third-order valence-corrected chi connectivity index (χ3v) is 19.0. The van der Waals surface area contributed by atoms with Gasteiger partial charge in [-0.25, -0.2) is 19.9 Å². The number of hydrogen-bond donors (Lipinski definition) is 4. The van der Waals surface area contributed by atoms with E-state index in [1.807, 2.05) is 0 Å². The van der Waals surface area contributed by atoms with Crippen LogP contribution >= 0.6 is 0 Å². The smallest absolute Gasteiger partial charge is 1.00 e. The minimum absolute atomic E-state index is 0. The molecule has 4 aliphatic heterocycles. The molecule has 10 rings (SSSR count). The van der Waals surface area contributed by atoms with Crippen molar-refractivity contribution in [3.8, 4) is 0 Å². The van der Waals surface area contributed by atoms with E-state index in [1.165, 1.54) is 144 Å². The normalized spacial score (nSPS) is 13.5. The Kier molecular flexibility index (Phi) is 21.3. The number of nitrogens with zero attached hydrogens (tertiary/aromatic N) is 4. The summed E-state index contributed by atoms with van der Waals surface area (Å²) in [7, 11) is 0. The Bertz CT molecular complexity index is 3910. The molecule has 438 valence electrons. The van der Waals surface area contributed by atoms with Crippen molar-refractivity contribution in [1.82, 2.24) is 39.9 Å². The number of aromatic nitrogens is 8. The van der Waals surface area contributed by atoms with E-state index in [2.05, 4.69) is 167 Å². The molecule has 10 heteroatoms. The summed E-state index contributed by atoms with van der Waals surface area (Å²) in [6.45, 7) is 37.1. The minimum atomic E-state index is 0. The van der Waals surface area contributed by atoms with Gasteiger partial charge in [-0.1, -0.05) is 111 Å². The van der Waals surface area contributed by atoms with Crippen LogP contribution in [0.2, 0.25) is 0 Å². The van der Waals surface area contributed by atoms with Crippen LogP contribution in [0.1, 0.15) is 269 Å². The van der Waals surface area contributed by atoms with E-state index in [0.29, 0.717) is 0 Å². The largest absolute Gasteiger partial charge is 2.00 e. The fourth-order valence-corrected chi connectivity index (χ4v) is 15.3. The summed E-state index contributed by atoms with van der Waals surface area (Å²) in [5, 5.41) is 0. The SMILES string of the molecule is CCC1=C(CC)c2cc3[nH]c(cc4[nH]c(c(CCc5c6nc(cc7[nH]c(cc8[nH]c(cc9nc5C(CC)=C9CC)c(CC)c8CC)c(CC)c7CC)C(CC)=C6CC)c5nc(cc1n2)C(CC)=C5CC)c(CC)c4CC)c(CC)c3CC.[H-].[H-].[H-].[H-].[Mg+2].[Mg+2]. The van der Waals surface area contributed by atoms with E-state index in [1.54, 1.807) is 0 Å². The average Bonchev–Trinajstić information content (AvgIpc) is 2.67. The average molecular weight is 1150 g/mol. The van der Waals surface area contributed by atoms with Crippen molar-refractivity contribution < 1.29 is 5.71 Å². The fourth-order valence-electron chi connectivity index (χ4n) is 15.3. The van der Waals surface area contributed by atoms with Gasteiger partial charge in [-0.2, -0.15) is 0 Å². The standard InChI is InChI=1S/C74H94N8.2Mg.4H/c1-17-41-45(21-5)63-37-67-49(25-9)53(29-13)71(79-67)57(72-54(30-14)50(26-10)68(80-72)38-64-46(22-6)42(18-2)60(76-64)35-59(41)75-63)33-34-58-73-55(31-15)51(27-11)69(81-73)39-65-47(23-7)43(19-3)61(77-65)36-62-44(20-4)48(24-8)66(78-62)40-70-52(28-12)56(32-16)74(58)82-70;;;;;;/h35-40,75-77,81H,17-34H2,1-16H3;;;;;;/q;2*+2;4*-1. The van der Waals surface area contributed by atoms with E-state index < -0.39 is 0 Å². The van der Waals surface area contributed by atoms with Crippen LogP contribution < -0.4 is 0 Å². The van der Waals surface area contributed by atoms with Gasteiger partial charge in [-0.3, -0.25) is 0 Å². The molecule has 8 nitrogen and oxygen atoms in total. The van der Waals surface area contributed by atoms with Gasteiger partial charge in [0.2, 0.25) is 0 Å². The maximum absolute atomic E-state index is 5.93. The predicted octanol–water partition coefficient (Wildman–Crippen LogP) is 19.8. The second-order valence-electron chi connectivity index (χ2n) is 22.8. The molecule has 0 unspecified atom stereocenters. The maximum Gasteiger partial charge on any atom is 2.00 e. The first-order chi connectivity index (χ1) is 39.9. The molecule has 0 atom stereocenters. The molecule has 0 aromatic carbocycles. The number of aryl methyl sites for hydroxylation is 9. The minimum Gasteiger partial charge on any atom is -1.00 e. The van der Waals surface area contributed by atoms with Crippen molar-refractivity contribution in [2.24, 2.45) is 0 Å². The molecule has 6 aromatic heterocycles. The van der Waals surface area contributed by atoms with Crippen molar-refractivity contribution in [2.45, 2.75) is 226 Å². The zero-order valence-corrected chi connectivity index (χ0v) is 57.2. The van der Waals surface area contributed by atoms with Gasteiger partial charge in [0, 0.05) is 55.3 Å². The van der Waals surface area contributed by atoms with Crippen molar-refractivity contribution >= 4 is 135 Å². The number of fused-ring (bicyclic) bond motifs is 16. The van der Waals surface area contributed by atoms with Crippen molar-refractivity contribution in [2.75, 3.05) is 0 Å². The molecule has 4 aliphatic rings. The first kappa shape index (κ1) is 64.7. The van der Waals surface area contributed by atoms with Crippen LogP contribution in [0.25, 0.3) is 88.7 Å². The van der Waals surface area contributed by atoms with Crippen molar-refractivity contribution in [1.29, 1.82) is 0 Å². The van der Waals surface area contributed by atoms with Gasteiger partial charge in [-0.05, 0) is 241 Å². The third kappa shape index (κ3) is 11.0. The summed E-state index contributed by atoms with van der Waals surface area (Å²) in [6, 6.07) is 14.3. The van der Waals surface area contributed by atoms with Gasteiger partial charge >= 0.3 is 46.1 Å². The second kappa shape index (κ2) is 27.6. The molecule has 10 heterocycles. The van der Waals surface area contributed by atoms with E-state index >= 15 is 0 Å². The summed E-state index contributed by atoms with van der Waals surface area (Å²) < 4.78 is 0. The van der Waals surface area contributed by atoms with E-state index in [0.717, 1.165) is 161 Å². The predicted molar refractivity (Wildman–Crippen MR) is 370 cm³/mol. The van der Waals surface area contributed by atoms with Crippen LogP contribution in [0.15, 0.2) is 36.4 Å². The quantitative estimate of drug-likeness (QED) is 0.0605. The fraction of sp³-hybridized carbons (Fsp3) is 0.459. The summed E-state index contributed by atoms with van der Waals surface area (Å²) in [4.78, 5) is 39.6. The van der Waals surface area contributed by atoms with Crippen LogP contribution in [-0.4, -0.2) is 86.0 Å². The molecule has 84 heavy (non-hydrogen) atoms. The summed E-state index contributed by atoms with van der Waals surface area (Å²) in [6.07, 6.45) is 16.1. The molecule has 0 spiro atoms. The molecule has 0 radical (unpaired) electrons. The first-order valence-corrected chi connectivity index (χ1v) is 32.4. The molecular weight excluding hydrogens is 1050 g/mol. The van der Waals surface area contributed by atoms with E-state index in [9.17, 15) is 0 Å². The first-order valence-electron chi connectivity index (χ1n) is 32.4. The Morgan fingerprint density at radius 3 is 0.798 bits per heavy atom. The van der Waals surface area contributed by atoms with Gasteiger partial charge in [0.1, 0.15) is 0 Å². The van der Waals surface area contributed by atoms with Crippen LogP contribution in [0.5, 0.6) is 0 Å². The number of aromatic amines is 4. The van der Waals surface area contributed by atoms with Crippen LogP contribution in [0, 0.1) is 0 Å². The van der Waals surface area contributed by atoms with Gasteiger partial charge in [-0.15, -0.1) is 0 Å². The Balaban J connectivity index is 0.00000276. The van der Waals surface area contributed by atoms with Gasteiger partial charge in [0.05, 0.1) is 45.6 Å². The van der Waals surface area contributed by atoms with Gasteiger partial charge < -0.3 is 25.6 Å². The molecule has 16 bridgehead atoms. The Morgan fingerprint density at radius 1 is 0.238 bits per heavy atom. The molecule has 0 saturated carbocycles. The molecule has 0 amide bonds. The van der Waals surface area contributed by atoms with E-state index in [-0.39, 0.29) is 51.8 Å². The number of hydrogen-bond acceptors (Lipinski definition) is 4. The van der Waals surface area contributed by atoms with E-state index in [4.69, 9.17) is 19.9 Å². The number of rotatable bonds is 19. The maximum atomic E-state index is 5.93. The molecule has 0 fully saturated rings. The molecule has 4 N–H and O–H groups in total. The topological polar surface area (TPSA) is 115 Å². The Labute approximate surface area is 540 Å². The number of allylic oxidation sites excluding steroid dienone is 8. The zero-order chi connectivity index (χ0) is 58.3. The van der Waals surface area contributed by atoms with Crippen LogP contribution in [0.3, 0.4) is 0 Å². The Hall–Kier alpha value is -5.27. The molecular formula is C74H98Mg2N8. The van der Waals surface area contributed by atoms with Crippen LogP contribution in [0.4, 0.5) is 0 Å². The number of nitrogens with one attached hydrogen (secondary N) is 4. The third-order valence-electron chi connectivity index (χ3n) is 19.0. The summed E-state index contributed by atoms with van der Waals surface area (Å²) >= 11 is 0. The zero-order valence-electron chi connectivity index (χ0n) is 58.4. The van der Waals surface area contributed by atoms with Crippen molar-refractivity contribution in [3.05, 3.63) is 138 Å². The molecule has 0 aliphatic carbocycles. The molecule has 6 aromatic rings. The van der Waals surface area contributed by atoms with Crippen molar-refractivity contribution in [3.63, 3.8) is 0 Å². The summed E-state index contributed by atoms with van der Waals surface area (Å²) in [5.74, 6) is 0. The van der Waals surface area contributed by atoms with Gasteiger partial charge in [0.25, 0.3) is 0 Å². The summed E-state index contributed by atoms with van der Waals surface area (Å²) in [5.41, 5.74) is 42.5. The second-order valence-corrected chi connectivity index (χ2v) is 22.8. The monoisotopic (exact) mass is 1150 g/mol. The van der Waals surface area contributed by atoms with Crippen LogP contribution in [-0.2, 0) is 64.2 Å². The number of H-pyrrole nitrogens is 4. The molecule has 0 saturated heterocycles.